The SMILES string of the molecule is Nc1cc(Oc2cccc(C(c3cccc(Oc4cc(N)cc(C(F)(F)F)c4)c3)(C(F)(F)F)C(F)(F)F)c2)cc(C(F)(F)F)c1. The number of nitrogens with two attached hydrogens (primary N) is 2. The average Bonchev–Trinajstić information content (AvgIpc) is 2.86. The lowest BCUT2D eigenvalue weighted by Gasteiger charge is -2.38. The Morgan fingerprint density at radius 1 is 0.400 bits per heavy atom. The normalized spacial score (nSPS) is 13.1. The lowest BCUT2D eigenvalue weighted by molar-refractivity contribution is -0.288. The van der Waals surface area contributed by atoms with Crippen LogP contribution in [0.3, 0.4) is 0 Å². The first-order valence-electron chi connectivity index (χ1n) is 12.3. The summed E-state index contributed by atoms with van der Waals surface area (Å²) in [4.78, 5) is 0. The number of ether oxygens (including phenoxy) is 2. The van der Waals surface area contributed by atoms with Crippen LogP contribution in [-0.4, -0.2) is 12.4 Å². The Morgan fingerprint density at radius 3 is 1.04 bits per heavy atom. The van der Waals surface area contributed by atoms with E-state index < -0.39 is 86.7 Å². The lowest BCUT2D eigenvalue weighted by Crippen LogP contribution is -2.54. The third kappa shape index (κ3) is 6.83. The van der Waals surface area contributed by atoms with Crippen molar-refractivity contribution in [2.45, 2.75) is 30.1 Å². The Kier molecular flexibility index (Phi) is 8.33. The van der Waals surface area contributed by atoms with E-state index in [0.29, 0.717) is 48.5 Å². The van der Waals surface area contributed by atoms with E-state index in [1.54, 1.807) is 0 Å². The maximum absolute atomic E-state index is 14.7. The van der Waals surface area contributed by atoms with E-state index in [0.717, 1.165) is 36.4 Å². The Labute approximate surface area is 245 Å². The van der Waals surface area contributed by atoms with E-state index in [1.807, 2.05) is 0 Å². The van der Waals surface area contributed by atoms with Crippen molar-refractivity contribution in [2.24, 2.45) is 0 Å². The van der Waals surface area contributed by atoms with Crippen LogP contribution < -0.4 is 20.9 Å². The molecule has 0 aromatic heterocycles. The van der Waals surface area contributed by atoms with Crippen LogP contribution >= 0.6 is 0 Å². The number of anilines is 2. The quantitative estimate of drug-likeness (QED) is 0.160. The zero-order valence-corrected chi connectivity index (χ0v) is 22.1. The molecule has 0 amide bonds. The summed E-state index contributed by atoms with van der Waals surface area (Å²) < 4.78 is 178. The summed E-state index contributed by atoms with van der Waals surface area (Å²) in [5.74, 6) is -2.65. The molecule has 4 nitrogen and oxygen atoms in total. The Morgan fingerprint density at radius 2 is 0.733 bits per heavy atom. The average molecular weight is 654 g/mol. The number of alkyl halides is 12. The molecule has 240 valence electrons. The monoisotopic (exact) mass is 654 g/mol. The molecule has 4 rings (SSSR count). The third-order valence-corrected chi connectivity index (χ3v) is 6.37. The van der Waals surface area contributed by atoms with Gasteiger partial charge < -0.3 is 20.9 Å². The molecule has 0 atom stereocenters. The summed E-state index contributed by atoms with van der Waals surface area (Å²) in [6.45, 7) is 0. The van der Waals surface area contributed by atoms with Crippen LogP contribution in [0.4, 0.5) is 64.1 Å². The van der Waals surface area contributed by atoms with Crippen LogP contribution in [0.25, 0.3) is 0 Å². The zero-order valence-electron chi connectivity index (χ0n) is 22.1. The van der Waals surface area contributed by atoms with Gasteiger partial charge in [-0.2, -0.15) is 52.7 Å². The number of halogens is 12. The highest BCUT2D eigenvalue weighted by molar-refractivity contribution is 5.53. The molecule has 4 aromatic carbocycles. The first kappa shape index (κ1) is 33.1. The molecule has 0 aliphatic carbocycles. The summed E-state index contributed by atoms with van der Waals surface area (Å²) in [5.41, 5.74) is -0.226. The van der Waals surface area contributed by atoms with Crippen LogP contribution in [0.5, 0.6) is 23.0 Å². The minimum atomic E-state index is -6.11. The molecule has 4 aromatic rings. The van der Waals surface area contributed by atoms with Gasteiger partial charge in [0, 0.05) is 23.5 Å². The largest absolute Gasteiger partial charge is 0.457 e. The summed E-state index contributed by atoms with van der Waals surface area (Å²) in [6.07, 6.45) is -22.0. The van der Waals surface area contributed by atoms with Crippen molar-refractivity contribution < 1.29 is 62.2 Å². The van der Waals surface area contributed by atoms with Crippen LogP contribution in [0.15, 0.2) is 84.9 Å². The van der Waals surface area contributed by atoms with Gasteiger partial charge in [0.05, 0.1) is 11.1 Å². The van der Waals surface area contributed by atoms with Gasteiger partial charge in [0.1, 0.15) is 23.0 Å². The summed E-state index contributed by atoms with van der Waals surface area (Å²) in [6, 6.07) is 8.75. The smallest absolute Gasteiger partial charge is 0.416 e. The van der Waals surface area contributed by atoms with E-state index in [1.165, 1.54) is 0 Å². The summed E-state index contributed by atoms with van der Waals surface area (Å²) in [5, 5.41) is 0. The van der Waals surface area contributed by atoms with Crippen LogP contribution in [-0.2, 0) is 17.8 Å². The van der Waals surface area contributed by atoms with Crippen molar-refractivity contribution >= 4 is 11.4 Å². The van der Waals surface area contributed by atoms with Gasteiger partial charge in [-0.15, -0.1) is 0 Å². The molecule has 0 unspecified atom stereocenters. The van der Waals surface area contributed by atoms with Gasteiger partial charge in [0.15, 0.2) is 0 Å². The van der Waals surface area contributed by atoms with Crippen LogP contribution in [0.2, 0.25) is 0 Å². The maximum atomic E-state index is 14.7. The van der Waals surface area contributed by atoms with E-state index in [9.17, 15) is 52.7 Å². The fraction of sp³-hybridized carbons (Fsp3) is 0.172. The van der Waals surface area contributed by atoms with Gasteiger partial charge in [-0.1, -0.05) is 24.3 Å². The summed E-state index contributed by atoms with van der Waals surface area (Å²) in [7, 11) is 0. The second-order valence-electron chi connectivity index (χ2n) is 9.58. The van der Waals surface area contributed by atoms with Gasteiger partial charge in [-0.05, 0) is 59.7 Å². The molecule has 0 fully saturated rings. The number of hydrogen-bond donors (Lipinski definition) is 2. The van der Waals surface area contributed by atoms with E-state index in [2.05, 4.69) is 0 Å². The molecule has 0 aliphatic heterocycles. The number of benzene rings is 4. The topological polar surface area (TPSA) is 70.5 Å². The van der Waals surface area contributed by atoms with Gasteiger partial charge in [-0.3, -0.25) is 0 Å². The van der Waals surface area contributed by atoms with Gasteiger partial charge >= 0.3 is 24.7 Å². The molecule has 16 heteroatoms. The second-order valence-corrected chi connectivity index (χ2v) is 9.58. The number of hydrogen-bond acceptors (Lipinski definition) is 4. The van der Waals surface area contributed by atoms with Crippen LogP contribution in [0.1, 0.15) is 22.3 Å². The molecular weight excluding hydrogens is 636 g/mol. The molecule has 4 N–H and O–H groups in total. The van der Waals surface area contributed by atoms with E-state index in [4.69, 9.17) is 20.9 Å². The van der Waals surface area contributed by atoms with Crippen molar-refractivity contribution in [3.05, 3.63) is 107 Å². The Bertz CT molecular complexity index is 1570. The Balaban J connectivity index is 1.84. The molecule has 0 radical (unpaired) electrons. The molecule has 45 heavy (non-hydrogen) atoms. The molecule has 0 aliphatic rings. The lowest BCUT2D eigenvalue weighted by atomic mass is 9.73. The second kappa shape index (κ2) is 11.3. The highest BCUT2D eigenvalue weighted by atomic mass is 19.4. The number of nitrogen functional groups attached to an aromatic ring is 2. The first-order valence-corrected chi connectivity index (χ1v) is 12.3. The summed E-state index contributed by atoms with van der Waals surface area (Å²) >= 11 is 0. The predicted octanol–water partition coefficient (Wildman–Crippen LogP) is 9.88. The van der Waals surface area contributed by atoms with Crippen molar-refractivity contribution in [2.75, 3.05) is 11.5 Å². The number of rotatable bonds is 6. The minimum absolute atomic E-state index is 0.346. The van der Waals surface area contributed by atoms with Crippen molar-refractivity contribution in [3.63, 3.8) is 0 Å². The van der Waals surface area contributed by atoms with Gasteiger partial charge in [0.25, 0.3) is 0 Å². The maximum Gasteiger partial charge on any atom is 0.416 e. The molecule has 0 bridgehead atoms. The zero-order chi connectivity index (χ0) is 33.6. The van der Waals surface area contributed by atoms with E-state index in [-0.39, 0.29) is 0 Å². The Hall–Kier alpha value is -4.76. The first-order chi connectivity index (χ1) is 20.6. The molecular formula is C29H18F12N2O2. The van der Waals surface area contributed by atoms with Gasteiger partial charge in [0.2, 0.25) is 5.41 Å². The molecule has 0 spiro atoms. The molecule has 0 saturated carbocycles. The van der Waals surface area contributed by atoms with Crippen molar-refractivity contribution in [1.82, 2.24) is 0 Å². The highest BCUT2D eigenvalue weighted by Gasteiger charge is 2.72. The van der Waals surface area contributed by atoms with Crippen LogP contribution in [0, 0.1) is 0 Å². The van der Waals surface area contributed by atoms with Crippen molar-refractivity contribution in [3.8, 4) is 23.0 Å². The fourth-order valence-corrected chi connectivity index (χ4v) is 4.53. The minimum Gasteiger partial charge on any atom is -0.457 e. The molecule has 0 heterocycles. The third-order valence-electron chi connectivity index (χ3n) is 6.37. The van der Waals surface area contributed by atoms with E-state index >= 15 is 0 Å². The van der Waals surface area contributed by atoms with Gasteiger partial charge in [-0.25, -0.2) is 0 Å². The standard InChI is InChI=1S/C29H18F12N2O2/c30-26(31,32)17-7-19(42)13-23(11-17)44-21-5-1-3-15(9-21)25(28(36,37)38,29(39,40)41)16-4-2-6-22(10-16)45-24-12-18(27(33,34)35)8-20(43)14-24/h1-14H,42-43H2. The highest BCUT2D eigenvalue weighted by Crippen LogP contribution is 2.57. The fourth-order valence-electron chi connectivity index (χ4n) is 4.53. The molecule has 0 saturated heterocycles. The predicted molar refractivity (Wildman–Crippen MR) is 138 cm³/mol. The van der Waals surface area contributed by atoms with Crippen molar-refractivity contribution in [1.29, 1.82) is 0 Å².